The molecule has 0 aliphatic heterocycles. The third-order valence-electron chi connectivity index (χ3n) is 2.65. The van der Waals surface area contributed by atoms with Crippen molar-refractivity contribution >= 4 is 23.2 Å². The average molecular weight is 282 g/mol. The number of alkyl halides is 2. The zero-order valence-electron chi connectivity index (χ0n) is 11.9. The van der Waals surface area contributed by atoms with Crippen molar-refractivity contribution in [2.75, 3.05) is 0 Å². The van der Waals surface area contributed by atoms with Gasteiger partial charge in [0.05, 0.1) is 0 Å². The quantitative estimate of drug-likeness (QED) is 0.327. The molecule has 0 aromatic rings. The van der Waals surface area contributed by atoms with Crippen molar-refractivity contribution in [3.8, 4) is 0 Å². The summed E-state index contributed by atoms with van der Waals surface area (Å²) in [5.74, 6) is 0. The maximum atomic E-state index is 6.24. The van der Waals surface area contributed by atoms with E-state index >= 15 is 0 Å². The van der Waals surface area contributed by atoms with Gasteiger partial charge in [-0.25, -0.2) is 0 Å². The van der Waals surface area contributed by atoms with Crippen LogP contribution in [0.5, 0.6) is 0 Å². The molecule has 0 rings (SSSR count). The molecule has 0 saturated heterocycles. The first-order chi connectivity index (χ1) is 7.77. The molecule has 0 unspecified atom stereocenters. The van der Waals surface area contributed by atoms with Crippen LogP contribution in [0.4, 0.5) is 0 Å². The molecule has 0 aliphatic carbocycles. The maximum Gasteiger partial charge on any atom is 0.169 e. The molecule has 0 aromatic carbocycles. The van der Waals surface area contributed by atoms with Gasteiger partial charge in [-0.05, 0) is 33.6 Å². The lowest BCUT2D eigenvalue weighted by molar-refractivity contribution is 0.368. The van der Waals surface area contributed by atoms with E-state index in [0.29, 0.717) is 0 Å². The zero-order chi connectivity index (χ0) is 13.4. The Labute approximate surface area is 118 Å². The molecule has 0 heterocycles. The molecule has 3 heteroatoms. The van der Waals surface area contributed by atoms with E-state index in [1.165, 1.54) is 38.5 Å². The summed E-state index contributed by atoms with van der Waals surface area (Å²) in [4.78, 5) is 0. The van der Waals surface area contributed by atoms with Crippen molar-refractivity contribution < 1.29 is 0 Å². The molecule has 0 aliphatic rings. The molecule has 0 bridgehead atoms. The molecule has 1 nitrogen and oxygen atoms in total. The molecule has 0 atom stereocenters. The number of halogens is 2. The lowest BCUT2D eigenvalue weighted by atomic mass is 10.1. The van der Waals surface area contributed by atoms with Crippen LogP contribution in [0.15, 0.2) is 0 Å². The normalized spacial score (nSPS) is 13.1. The fourth-order valence-electron chi connectivity index (χ4n) is 1.92. The highest BCUT2D eigenvalue weighted by Gasteiger charge is 2.28. The van der Waals surface area contributed by atoms with Crippen molar-refractivity contribution in [2.24, 2.45) is 0 Å². The van der Waals surface area contributed by atoms with Gasteiger partial charge in [0, 0.05) is 5.54 Å². The molecule has 0 radical (unpaired) electrons. The Balaban J connectivity index is 3.52. The third-order valence-corrected chi connectivity index (χ3v) is 3.22. The van der Waals surface area contributed by atoms with E-state index in [9.17, 15) is 0 Å². The second kappa shape index (κ2) is 8.61. The van der Waals surface area contributed by atoms with E-state index in [4.69, 9.17) is 23.2 Å². The van der Waals surface area contributed by atoms with Gasteiger partial charge in [-0.1, -0.05) is 68.7 Å². The average Bonchev–Trinajstić information content (AvgIpc) is 2.12. The minimum atomic E-state index is -0.776. The summed E-state index contributed by atoms with van der Waals surface area (Å²) in [5.41, 5.74) is -0.0371. The van der Waals surface area contributed by atoms with E-state index in [1.54, 1.807) is 0 Å². The van der Waals surface area contributed by atoms with Gasteiger partial charge in [-0.15, -0.1) is 0 Å². The number of rotatable bonds is 9. The number of nitrogens with one attached hydrogen (secondary N) is 1. The summed E-state index contributed by atoms with van der Waals surface area (Å²) in [6, 6.07) is 0. The van der Waals surface area contributed by atoms with Crippen LogP contribution in [0.3, 0.4) is 0 Å². The van der Waals surface area contributed by atoms with Crippen molar-refractivity contribution in [3.63, 3.8) is 0 Å². The monoisotopic (exact) mass is 281 g/mol. The van der Waals surface area contributed by atoms with Crippen molar-refractivity contribution in [3.05, 3.63) is 0 Å². The highest BCUT2D eigenvalue weighted by Crippen LogP contribution is 2.27. The van der Waals surface area contributed by atoms with Crippen LogP contribution in [0.25, 0.3) is 0 Å². The zero-order valence-corrected chi connectivity index (χ0v) is 13.4. The van der Waals surface area contributed by atoms with Crippen LogP contribution in [-0.4, -0.2) is 10.00 Å². The smallest absolute Gasteiger partial charge is 0.169 e. The first-order valence-electron chi connectivity index (χ1n) is 6.94. The highest BCUT2D eigenvalue weighted by atomic mass is 35.5. The van der Waals surface area contributed by atoms with Crippen molar-refractivity contribution in [1.82, 2.24) is 5.32 Å². The van der Waals surface area contributed by atoms with E-state index in [0.717, 1.165) is 12.8 Å². The first kappa shape index (κ1) is 17.5. The second-order valence-electron chi connectivity index (χ2n) is 5.95. The first-order valence-corrected chi connectivity index (χ1v) is 7.69. The van der Waals surface area contributed by atoms with E-state index < -0.39 is 4.46 Å². The van der Waals surface area contributed by atoms with E-state index in [2.05, 4.69) is 33.0 Å². The summed E-state index contributed by atoms with van der Waals surface area (Å²) in [5, 5.41) is 3.24. The van der Waals surface area contributed by atoms with Gasteiger partial charge >= 0.3 is 0 Å². The standard InChI is InChI=1S/C14H29Cl2N/c1-5-6-7-8-9-10-11-12-14(15,16)17-13(2,3)4/h17H,5-12H2,1-4H3. The molecule has 104 valence electrons. The highest BCUT2D eigenvalue weighted by molar-refractivity contribution is 6.48. The summed E-state index contributed by atoms with van der Waals surface area (Å²) < 4.78 is -0.776. The molecule has 0 fully saturated rings. The van der Waals surface area contributed by atoms with E-state index in [-0.39, 0.29) is 5.54 Å². The predicted molar refractivity (Wildman–Crippen MR) is 79.9 cm³/mol. The topological polar surface area (TPSA) is 12.0 Å². The minimum absolute atomic E-state index is 0.0371. The van der Waals surface area contributed by atoms with Gasteiger partial charge in [0.25, 0.3) is 0 Å². The van der Waals surface area contributed by atoms with Gasteiger partial charge in [0.15, 0.2) is 4.46 Å². The Kier molecular flexibility index (Phi) is 8.88. The van der Waals surface area contributed by atoms with Gasteiger partial charge in [0.1, 0.15) is 0 Å². The van der Waals surface area contributed by atoms with Crippen LogP contribution < -0.4 is 5.32 Å². The SMILES string of the molecule is CCCCCCCCCC(Cl)(Cl)NC(C)(C)C. The fourth-order valence-corrected chi connectivity index (χ4v) is 2.75. The number of hydrogen-bond donors (Lipinski definition) is 1. The molecule has 0 amide bonds. The molecule has 0 spiro atoms. The summed E-state index contributed by atoms with van der Waals surface area (Å²) in [6.07, 6.45) is 9.84. The van der Waals surface area contributed by atoms with Gasteiger partial charge in [0.2, 0.25) is 0 Å². The molecule has 17 heavy (non-hydrogen) atoms. The van der Waals surface area contributed by atoms with Crippen molar-refractivity contribution in [2.45, 2.75) is 89.1 Å². The number of hydrogen-bond acceptors (Lipinski definition) is 1. The second-order valence-corrected chi connectivity index (χ2v) is 7.43. The lowest BCUT2D eigenvalue weighted by Crippen LogP contribution is -2.47. The Morgan fingerprint density at radius 2 is 1.29 bits per heavy atom. The van der Waals surface area contributed by atoms with Crippen molar-refractivity contribution in [1.29, 1.82) is 0 Å². The van der Waals surface area contributed by atoms with Crippen LogP contribution in [0, 0.1) is 0 Å². The Morgan fingerprint density at radius 3 is 1.76 bits per heavy atom. The molecule has 0 aromatic heterocycles. The van der Waals surface area contributed by atoms with E-state index in [1.807, 2.05) is 0 Å². The van der Waals surface area contributed by atoms with Gasteiger partial charge in [-0.3, -0.25) is 5.32 Å². The Bertz CT molecular complexity index is 185. The van der Waals surface area contributed by atoms with Crippen LogP contribution in [0.2, 0.25) is 0 Å². The largest absolute Gasteiger partial charge is 0.282 e. The minimum Gasteiger partial charge on any atom is -0.282 e. The van der Waals surface area contributed by atoms with Crippen LogP contribution in [-0.2, 0) is 0 Å². The number of unbranched alkanes of at least 4 members (excludes halogenated alkanes) is 6. The maximum absolute atomic E-state index is 6.24. The lowest BCUT2D eigenvalue weighted by Gasteiger charge is -2.30. The van der Waals surface area contributed by atoms with Crippen LogP contribution in [0.1, 0.15) is 79.1 Å². The predicted octanol–water partition coefficient (Wildman–Crippen LogP) is 5.65. The molecule has 0 saturated carbocycles. The van der Waals surface area contributed by atoms with Crippen LogP contribution >= 0.6 is 23.2 Å². The molecular formula is C14H29Cl2N. The fraction of sp³-hybridized carbons (Fsp3) is 1.00. The Morgan fingerprint density at radius 1 is 0.824 bits per heavy atom. The summed E-state index contributed by atoms with van der Waals surface area (Å²) >= 11 is 12.5. The third kappa shape index (κ3) is 12.8. The summed E-state index contributed by atoms with van der Waals surface area (Å²) in [6.45, 7) is 8.49. The Hall–Kier alpha value is 0.540. The molecular weight excluding hydrogens is 253 g/mol. The van der Waals surface area contributed by atoms with Gasteiger partial charge in [-0.2, -0.15) is 0 Å². The summed E-state index contributed by atoms with van der Waals surface area (Å²) in [7, 11) is 0. The van der Waals surface area contributed by atoms with Gasteiger partial charge < -0.3 is 0 Å². The molecule has 1 N–H and O–H groups in total.